The summed E-state index contributed by atoms with van der Waals surface area (Å²) in [5.74, 6) is -0.295. The number of aromatic nitrogens is 1. The van der Waals surface area contributed by atoms with Gasteiger partial charge in [-0.25, -0.2) is 4.79 Å². The molecule has 0 saturated heterocycles. The Kier molecular flexibility index (Phi) is 5.99. The van der Waals surface area contributed by atoms with Gasteiger partial charge in [-0.1, -0.05) is 0 Å². The van der Waals surface area contributed by atoms with Crippen LogP contribution in [0.3, 0.4) is 0 Å². The van der Waals surface area contributed by atoms with Crippen LogP contribution in [0.4, 0.5) is 0 Å². The second-order valence-corrected chi connectivity index (χ2v) is 4.02. The van der Waals surface area contributed by atoms with Crippen LogP contribution >= 0.6 is 0 Å². The summed E-state index contributed by atoms with van der Waals surface area (Å²) in [5.41, 5.74) is 0.707. The van der Waals surface area contributed by atoms with Gasteiger partial charge in [0, 0.05) is 25.8 Å². The van der Waals surface area contributed by atoms with Crippen LogP contribution in [0.15, 0.2) is 17.1 Å². The predicted molar refractivity (Wildman–Crippen MR) is 74.6 cm³/mol. The largest absolute Gasteiger partial charge is 0.491 e. The fourth-order valence-corrected chi connectivity index (χ4v) is 1.74. The van der Waals surface area contributed by atoms with Crippen LogP contribution in [-0.4, -0.2) is 31.4 Å². The summed E-state index contributed by atoms with van der Waals surface area (Å²) in [5, 5.41) is 0. The van der Waals surface area contributed by atoms with E-state index < -0.39 is 5.97 Å². The monoisotopic (exact) mass is 281 g/mol. The van der Waals surface area contributed by atoms with E-state index in [1.165, 1.54) is 26.4 Å². The maximum Gasteiger partial charge on any atom is 0.330 e. The van der Waals surface area contributed by atoms with Gasteiger partial charge in [0.25, 0.3) is 0 Å². The van der Waals surface area contributed by atoms with E-state index in [4.69, 9.17) is 14.2 Å². The Bertz CT molecular complexity index is 559. The van der Waals surface area contributed by atoms with Crippen molar-refractivity contribution in [2.24, 2.45) is 7.05 Å². The van der Waals surface area contributed by atoms with Crippen LogP contribution in [0.2, 0.25) is 0 Å². The number of aryl methyl sites for hydroxylation is 1. The first-order valence-corrected chi connectivity index (χ1v) is 6.15. The summed E-state index contributed by atoms with van der Waals surface area (Å²) in [6.07, 6.45) is 4.23. The third kappa shape index (κ3) is 3.71. The van der Waals surface area contributed by atoms with Gasteiger partial charge in [-0.3, -0.25) is 4.79 Å². The van der Waals surface area contributed by atoms with Crippen molar-refractivity contribution in [2.75, 3.05) is 20.8 Å². The number of rotatable bonds is 6. The van der Waals surface area contributed by atoms with Crippen molar-refractivity contribution >= 4 is 12.0 Å². The van der Waals surface area contributed by atoms with Crippen LogP contribution < -0.4 is 10.2 Å². The molecular weight excluding hydrogens is 262 g/mol. The van der Waals surface area contributed by atoms with E-state index in [1.807, 2.05) is 0 Å². The minimum atomic E-state index is -0.499. The van der Waals surface area contributed by atoms with Crippen LogP contribution in [-0.2, 0) is 27.9 Å². The van der Waals surface area contributed by atoms with Gasteiger partial charge in [0.1, 0.15) is 0 Å². The molecule has 0 radical (unpaired) electrons. The molecule has 1 rings (SSSR count). The standard InChI is InChI=1S/C14H19NO5/c1-5-20-13(16)7-6-10-11(9-18-3)15(2)8-12(19-4)14(10)17/h6-8H,5,9H2,1-4H3/b7-6+. The Labute approximate surface area is 117 Å². The van der Waals surface area contributed by atoms with E-state index in [0.29, 0.717) is 11.3 Å². The number of methoxy groups -OCH3 is 2. The molecule has 0 spiro atoms. The van der Waals surface area contributed by atoms with E-state index in [0.717, 1.165) is 0 Å². The van der Waals surface area contributed by atoms with Crippen molar-refractivity contribution in [2.45, 2.75) is 13.5 Å². The minimum Gasteiger partial charge on any atom is -0.491 e. The summed E-state index contributed by atoms with van der Waals surface area (Å²) < 4.78 is 16.6. The van der Waals surface area contributed by atoms with Crippen molar-refractivity contribution in [1.82, 2.24) is 4.57 Å². The van der Waals surface area contributed by atoms with Gasteiger partial charge >= 0.3 is 5.97 Å². The summed E-state index contributed by atoms with van der Waals surface area (Å²) in [7, 11) is 4.73. The number of hydrogen-bond acceptors (Lipinski definition) is 5. The molecule has 1 heterocycles. The molecule has 6 heteroatoms. The maximum atomic E-state index is 12.2. The molecule has 0 fully saturated rings. The fourth-order valence-electron chi connectivity index (χ4n) is 1.74. The van der Waals surface area contributed by atoms with Gasteiger partial charge in [-0.2, -0.15) is 0 Å². The third-order valence-corrected chi connectivity index (χ3v) is 2.69. The van der Waals surface area contributed by atoms with Gasteiger partial charge in [-0.05, 0) is 13.0 Å². The lowest BCUT2D eigenvalue weighted by Gasteiger charge is -2.13. The average molecular weight is 281 g/mol. The molecule has 0 aliphatic heterocycles. The number of esters is 1. The second kappa shape index (κ2) is 7.49. The Morgan fingerprint density at radius 2 is 2.10 bits per heavy atom. The Morgan fingerprint density at radius 3 is 2.65 bits per heavy atom. The van der Waals surface area contributed by atoms with Crippen LogP contribution in [0, 0.1) is 0 Å². The number of hydrogen-bond donors (Lipinski definition) is 0. The molecule has 0 aliphatic carbocycles. The molecule has 0 aromatic carbocycles. The van der Waals surface area contributed by atoms with Crippen molar-refractivity contribution in [1.29, 1.82) is 0 Å². The molecule has 0 bridgehead atoms. The topological polar surface area (TPSA) is 66.8 Å². The zero-order chi connectivity index (χ0) is 15.1. The molecular formula is C14H19NO5. The normalized spacial score (nSPS) is 10.8. The van der Waals surface area contributed by atoms with E-state index in [9.17, 15) is 9.59 Å². The summed E-state index contributed by atoms with van der Waals surface area (Å²) in [6, 6.07) is 0. The first-order chi connectivity index (χ1) is 9.54. The fraction of sp³-hybridized carbons (Fsp3) is 0.429. The lowest BCUT2D eigenvalue weighted by Crippen LogP contribution is -2.18. The van der Waals surface area contributed by atoms with Crippen molar-refractivity contribution < 1.29 is 19.0 Å². The van der Waals surface area contributed by atoms with Crippen molar-refractivity contribution in [3.05, 3.63) is 33.8 Å². The van der Waals surface area contributed by atoms with Crippen molar-refractivity contribution in [3.8, 4) is 5.75 Å². The van der Waals surface area contributed by atoms with E-state index in [2.05, 4.69) is 0 Å². The molecule has 0 atom stereocenters. The lowest BCUT2D eigenvalue weighted by molar-refractivity contribution is -0.137. The molecule has 1 aromatic rings. The SMILES string of the molecule is CCOC(=O)/C=C/c1c(COC)n(C)cc(OC)c1=O. The first kappa shape index (κ1) is 16.0. The molecule has 0 aliphatic rings. The van der Waals surface area contributed by atoms with E-state index in [1.54, 1.807) is 24.7 Å². The average Bonchev–Trinajstić information content (AvgIpc) is 2.42. The maximum absolute atomic E-state index is 12.2. The van der Waals surface area contributed by atoms with Crippen molar-refractivity contribution in [3.63, 3.8) is 0 Å². The molecule has 110 valence electrons. The van der Waals surface area contributed by atoms with Gasteiger partial charge in [0.15, 0.2) is 5.75 Å². The number of nitrogens with zero attached hydrogens (tertiary/aromatic N) is 1. The molecule has 0 saturated carbocycles. The highest BCUT2D eigenvalue weighted by Gasteiger charge is 2.13. The molecule has 0 amide bonds. The smallest absolute Gasteiger partial charge is 0.330 e. The van der Waals surface area contributed by atoms with E-state index >= 15 is 0 Å². The highest BCUT2D eigenvalue weighted by Crippen LogP contribution is 2.13. The van der Waals surface area contributed by atoms with Gasteiger partial charge in [-0.15, -0.1) is 0 Å². The summed E-state index contributed by atoms with van der Waals surface area (Å²) in [4.78, 5) is 23.6. The highest BCUT2D eigenvalue weighted by molar-refractivity contribution is 5.87. The summed E-state index contributed by atoms with van der Waals surface area (Å²) in [6.45, 7) is 2.25. The molecule has 20 heavy (non-hydrogen) atoms. The Hall–Kier alpha value is -2.08. The van der Waals surface area contributed by atoms with E-state index in [-0.39, 0.29) is 24.4 Å². The van der Waals surface area contributed by atoms with Gasteiger partial charge in [0.05, 0.1) is 32.2 Å². The van der Waals surface area contributed by atoms with Crippen LogP contribution in [0.25, 0.3) is 6.08 Å². The lowest BCUT2D eigenvalue weighted by atomic mass is 10.1. The zero-order valence-corrected chi connectivity index (χ0v) is 12.1. The second-order valence-electron chi connectivity index (χ2n) is 4.02. The number of carbonyl (C=O) groups excluding carboxylic acids is 1. The minimum absolute atomic E-state index is 0.205. The van der Waals surface area contributed by atoms with Gasteiger partial charge in [0.2, 0.25) is 5.43 Å². The Morgan fingerprint density at radius 1 is 1.40 bits per heavy atom. The number of ether oxygens (including phenoxy) is 3. The van der Waals surface area contributed by atoms with Crippen LogP contribution in [0.5, 0.6) is 5.75 Å². The summed E-state index contributed by atoms with van der Waals surface area (Å²) >= 11 is 0. The van der Waals surface area contributed by atoms with Crippen LogP contribution in [0.1, 0.15) is 18.2 Å². The molecule has 0 N–H and O–H groups in total. The Balaban J connectivity index is 3.30. The molecule has 0 unspecified atom stereocenters. The number of pyridine rings is 1. The highest BCUT2D eigenvalue weighted by atomic mass is 16.5. The molecule has 6 nitrogen and oxygen atoms in total. The third-order valence-electron chi connectivity index (χ3n) is 2.69. The molecule has 1 aromatic heterocycles. The predicted octanol–water partition coefficient (Wildman–Crippen LogP) is 1.12. The van der Waals surface area contributed by atoms with Gasteiger partial charge < -0.3 is 18.8 Å². The zero-order valence-electron chi connectivity index (χ0n) is 12.1. The quantitative estimate of drug-likeness (QED) is 0.577. The number of carbonyl (C=O) groups is 1. The first-order valence-electron chi connectivity index (χ1n) is 6.15.